The van der Waals surface area contributed by atoms with Crippen molar-refractivity contribution in [3.8, 4) is 0 Å². The van der Waals surface area contributed by atoms with E-state index < -0.39 is 17.2 Å². The van der Waals surface area contributed by atoms with Crippen LogP contribution in [0.15, 0.2) is 18.2 Å². The lowest BCUT2D eigenvalue weighted by atomic mass is 9.94. The van der Waals surface area contributed by atoms with Crippen LogP contribution in [-0.4, -0.2) is 35.7 Å². The maximum absolute atomic E-state index is 13.0. The summed E-state index contributed by atoms with van der Waals surface area (Å²) in [4.78, 5) is 2.03. The second-order valence-electron chi connectivity index (χ2n) is 4.64. The van der Waals surface area contributed by atoms with Crippen molar-refractivity contribution in [2.45, 2.75) is 18.4 Å². The highest BCUT2D eigenvalue weighted by Crippen LogP contribution is 2.25. The molecule has 0 saturated carbocycles. The van der Waals surface area contributed by atoms with E-state index in [1.807, 2.05) is 11.9 Å². The Morgan fingerprint density at radius 1 is 1.38 bits per heavy atom. The van der Waals surface area contributed by atoms with Crippen molar-refractivity contribution in [3.05, 3.63) is 35.4 Å². The molecule has 2 nitrogen and oxygen atoms in total. The number of likely N-dealkylation sites (N-methyl/N-ethyl adjacent to an activating group) is 1. The van der Waals surface area contributed by atoms with Gasteiger partial charge in [0.05, 0.1) is 5.60 Å². The molecule has 1 atom stereocenters. The van der Waals surface area contributed by atoms with E-state index in [2.05, 4.69) is 0 Å². The second-order valence-corrected chi connectivity index (χ2v) is 4.64. The molecule has 1 heterocycles. The number of β-amino-alcohol motifs (C(OH)–C–C–N with tert-alkyl or cyclic N) is 1. The molecule has 1 saturated heterocycles. The van der Waals surface area contributed by atoms with Gasteiger partial charge >= 0.3 is 0 Å². The molecule has 1 fully saturated rings. The highest BCUT2D eigenvalue weighted by Gasteiger charge is 2.34. The molecule has 0 spiro atoms. The van der Waals surface area contributed by atoms with Crippen molar-refractivity contribution in [1.29, 1.82) is 0 Å². The van der Waals surface area contributed by atoms with E-state index in [1.54, 1.807) is 0 Å². The molecule has 1 N–H and O–H groups in total. The Labute approximate surface area is 93.5 Å². The summed E-state index contributed by atoms with van der Waals surface area (Å²) >= 11 is 0. The lowest BCUT2D eigenvalue weighted by molar-refractivity contribution is 0.0523. The van der Waals surface area contributed by atoms with Crippen LogP contribution in [0.5, 0.6) is 0 Å². The lowest BCUT2D eigenvalue weighted by Crippen LogP contribution is -2.34. The molecule has 88 valence electrons. The number of hydrogen-bond donors (Lipinski definition) is 1. The van der Waals surface area contributed by atoms with Crippen LogP contribution in [0, 0.1) is 11.6 Å². The van der Waals surface area contributed by atoms with E-state index in [0.29, 0.717) is 24.9 Å². The molecule has 0 aromatic heterocycles. The Bertz CT molecular complexity index is 397. The van der Waals surface area contributed by atoms with Crippen molar-refractivity contribution in [1.82, 2.24) is 4.90 Å². The van der Waals surface area contributed by atoms with Crippen LogP contribution in [0.2, 0.25) is 0 Å². The molecule has 0 bridgehead atoms. The average molecular weight is 227 g/mol. The first-order valence-corrected chi connectivity index (χ1v) is 5.33. The normalized spacial score (nSPS) is 26.2. The summed E-state index contributed by atoms with van der Waals surface area (Å²) in [5, 5.41) is 10.2. The number of hydrogen-bond acceptors (Lipinski definition) is 2. The highest BCUT2D eigenvalue weighted by atomic mass is 19.2. The number of rotatable bonds is 2. The third-order valence-corrected chi connectivity index (χ3v) is 3.04. The first-order valence-electron chi connectivity index (χ1n) is 5.33. The Kier molecular flexibility index (Phi) is 2.95. The number of halogens is 2. The Hall–Kier alpha value is -1.00. The van der Waals surface area contributed by atoms with Crippen molar-refractivity contribution in [2.24, 2.45) is 0 Å². The average Bonchev–Trinajstić information content (AvgIpc) is 2.52. The maximum Gasteiger partial charge on any atom is 0.159 e. The second kappa shape index (κ2) is 4.11. The lowest BCUT2D eigenvalue weighted by Gasteiger charge is -2.22. The van der Waals surface area contributed by atoms with Crippen molar-refractivity contribution in [3.63, 3.8) is 0 Å². The minimum Gasteiger partial charge on any atom is -0.388 e. The molecule has 4 heteroatoms. The maximum atomic E-state index is 13.0. The quantitative estimate of drug-likeness (QED) is 0.829. The standard InChI is InChI=1S/C12H15F2NO/c1-15-5-4-12(16,8-15)7-9-2-3-10(13)11(14)6-9/h2-3,6,16H,4-5,7-8H2,1H3. The van der Waals surface area contributed by atoms with Gasteiger partial charge in [-0.25, -0.2) is 8.78 Å². The van der Waals surface area contributed by atoms with Crippen molar-refractivity contribution < 1.29 is 13.9 Å². The van der Waals surface area contributed by atoms with Gasteiger partial charge in [-0.3, -0.25) is 0 Å². The summed E-state index contributed by atoms with van der Waals surface area (Å²) in [7, 11) is 1.93. The van der Waals surface area contributed by atoms with E-state index >= 15 is 0 Å². The molecule has 1 aromatic rings. The molecule has 0 amide bonds. The number of nitrogens with zero attached hydrogens (tertiary/aromatic N) is 1. The summed E-state index contributed by atoms with van der Waals surface area (Å²) in [6.45, 7) is 1.41. The van der Waals surface area contributed by atoms with Crippen LogP contribution in [0.25, 0.3) is 0 Å². The summed E-state index contributed by atoms with van der Waals surface area (Å²) in [5.74, 6) is -1.70. The predicted octanol–water partition coefficient (Wildman–Crippen LogP) is 1.57. The van der Waals surface area contributed by atoms with Gasteiger partial charge in [-0.2, -0.15) is 0 Å². The molecule has 1 aliphatic rings. The molecule has 0 aliphatic carbocycles. The van der Waals surface area contributed by atoms with E-state index in [1.165, 1.54) is 6.07 Å². The van der Waals surface area contributed by atoms with E-state index in [4.69, 9.17) is 0 Å². The molecule has 0 radical (unpaired) electrons. The first-order chi connectivity index (χ1) is 7.48. The van der Waals surface area contributed by atoms with Gasteiger partial charge in [-0.1, -0.05) is 6.07 Å². The Morgan fingerprint density at radius 2 is 2.12 bits per heavy atom. The van der Waals surface area contributed by atoms with Crippen LogP contribution in [0.1, 0.15) is 12.0 Å². The highest BCUT2D eigenvalue weighted by molar-refractivity contribution is 5.20. The van der Waals surface area contributed by atoms with Gasteiger partial charge in [0, 0.05) is 19.5 Å². The number of likely N-dealkylation sites (tertiary alicyclic amines) is 1. The summed E-state index contributed by atoms with van der Waals surface area (Å²) in [6, 6.07) is 3.78. The van der Waals surface area contributed by atoms with Crippen LogP contribution in [-0.2, 0) is 6.42 Å². The minimum atomic E-state index is -0.854. The molecular weight excluding hydrogens is 212 g/mol. The molecule has 16 heavy (non-hydrogen) atoms. The van der Waals surface area contributed by atoms with Gasteiger partial charge in [0.2, 0.25) is 0 Å². The van der Waals surface area contributed by atoms with Gasteiger partial charge in [0.15, 0.2) is 11.6 Å². The fraction of sp³-hybridized carbons (Fsp3) is 0.500. The predicted molar refractivity (Wildman–Crippen MR) is 57.1 cm³/mol. The van der Waals surface area contributed by atoms with Gasteiger partial charge in [-0.05, 0) is 31.2 Å². The SMILES string of the molecule is CN1CCC(O)(Cc2ccc(F)c(F)c2)C1. The van der Waals surface area contributed by atoms with Crippen LogP contribution in [0.3, 0.4) is 0 Å². The topological polar surface area (TPSA) is 23.5 Å². The monoisotopic (exact) mass is 227 g/mol. The zero-order valence-corrected chi connectivity index (χ0v) is 9.21. The summed E-state index contributed by atoms with van der Waals surface area (Å²) < 4.78 is 25.7. The fourth-order valence-electron chi connectivity index (χ4n) is 2.23. The van der Waals surface area contributed by atoms with Crippen LogP contribution < -0.4 is 0 Å². The number of aliphatic hydroxyl groups is 1. The first kappa shape index (κ1) is 11.5. The summed E-state index contributed by atoms with van der Waals surface area (Å²) in [6.07, 6.45) is 1.04. The number of benzene rings is 1. The summed E-state index contributed by atoms with van der Waals surface area (Å²) in [5.41, 5.74) is -0.171. The van der Waals surface area contributed by atoms with Crippen LogP contribution >= 0.6 is 0 Å². The molecule has 1 unspecified atom stereocenters. The van der Waals surface area contributed by atoms with E-state index in [-0.39, 0.29) is 0 Å². The molecule has 1 aromatic carbocycles. The van der Waals surface area contributed by atoms with E-state index in [9.17, 15) is 13.9 Å². The van der Waals surface area contributed by atoms with E-state index in [0.717, 1.165) is 18.7 Å². The Morgan fingerprint density at radius 3 is 2.69 bits per heavy atom. The third kappa shape index (κ3) is 2.39. The van der Waals surface area contributed by atoms with Gasteiger partial charge < -0.3 is 10.0 Å². The van der Waals surface area contributed by atoms with Gasteiger partial charge in [-0.15, -0.1) is 0 Å². The largest absolute Gasteiger partial charge is 0.388 e. The van der Waals surface area contributed by atoms with Crippen molar-refractivity contribution in [2.75, 3.05) is 20.1 Å². The molecular formula is C12H15F2NO. The van der Waals surface area contributed by atoms with Gasteiger partial charge in [0.1, 0.15) is 0 Å². The zero-order chi connectivity index (χ0) is 11.8. The van der Waals surface area contributed by atoms with Crippen LogP contribution in [0.4, 0.5) is 8.78 Å². The molecule has 1 aliphatic heterocycles. The zero-order valence-electron chi connectivity index (χ0n) is 9.21. The van der Waals surface area contributed by atoms with Gasteiger partial charge in [0.25, 0.3) is 0 Å². The fourth-order valence-corrected chi connectivity index (χ4v) is 2.23. The Balaban J connectivity index is 2.12. The third-order valence-electron chi connectivity index (χ3n) is 3.04. The molecule has 2 rings (SSSR count). The van der Waals surface area contributed by atoms with Crippen molar-refractivity contribution >= 4 is 0 Å². The minimum absolute atomic E-state index is 0.370. The smallest absolute Gasteiger partial charge is 0.159 e.